The van der Waals surface area contributed by atoms with Gasteiger partial charge in [0, 0.05) is 17.2 Å². The molecule has 3 rings (SSSR count). The van der Waals surface area contributed by atoms with E-state index >= 15 is 0 Å². The number of unbranched alkanes of at least 4 members (excludes halogenated alkanes) is 1. The van der Waals surface area contributed by atoms with E-state index in [0.29, 0.717) is 29.0 Å². The zero-order valence-electron chi connectivity index (χ0n) is 14.3. The predicted octanol–water partition coefficient (Wildman–Crippen LogP) is 3.87. The number of hydrogen-bond donors (Lipinski definition) is 1. The molecule has 2 heterocycles. The highest BCUT2D eigenvalue weighted by atomic mass is 79.9. The zero-order chi connectivity index (χ0) is 18.8. The summed E-state index contributed by atoms with van der Waals surface area (Å²) < 4.78 is 19.2. The summed E-state index contributed by atoms with van der Waals surface area (Å²) in [5.41, 5.74) is 2.00. The molecule has 0 aliphatic carbocycles. The van der Waals surface area contributed by atoms with Gasteiger partial charge in [-0.15, -0.1) is 0 Å². The van der Waals surface area contributed by atoms with Crippen molar-refractivity contribution in [2.24, 2.45) is 10.9 Å². The lowest BCUT2D eigenvalue weighted by molar-refractivity contribution is -0.140. The molecule has 2 aliphatic heterocycles. The van der Waals surface area contributed by atoms with Gasteiger partial charge in [0.1, 0.15) is 18.3 Å². The molecule has 0 fully saturated rings. The summed E-state index contributed by atoms with van der Waals surface area (Å²) >= 11 is 3.15. The van der Waals surface area contributed by atoms with Gasteiger partial charge >= 0.3 is 5.97 Å². The van der Waals surface area contributed by atoms with Crippen LogP contribution in [0.5, 0.6) is 0 Å². The number of ether oxygens (including phenoxy) is 1. The number of hydrogen-bond acceptors (Lipinski definition) is 4. The van der Waals surface area contributed by atoms with Crippen molar-refractivity contribution in [2.75, 3.05) is 13.2 Å². The van der Waals surface area contributed by atoms with Crippen molar-refractivity contribution in [2.45, 2.75) is 32.1 Å². The summed E-state index contributed by atoms with van der Waals surface area (Å²) in [5.74, 6) is -3.37. The van der Waals surface area contributed by atoms with E-state index in [4.69, 9.17) is 4.74 Å². The van der Waals surface area contributed by atoms with Gasteiger partial charge in [0.05, 0.1) is 16.8 Å². The Morgan fingerprint density at radius 1 is 1.42 bits per heavy atom. The van der Waals surface area contributed by atoms with E-state index in [0.717, 1.165) is 12.8 Å². The smallest absolute Gasteiger partial charge is 0.313 e. The molecule has 7 heteroatoms. The molecule has 0 saturated carbocycles. The Morgan fingerprint density at radius 3 is 2.85 bits per heavy atom. The lowest BCUT2D eigenvalue weighted by Crippen LogP contribution is -2.39. The molecular formula is C19H19BrFNO4. The van der Waals surface area contributed by atoms with Crippen LogP contribution in [0.1, 0.15) is 37.7 Å². The van der Waals surface area contributed by atoms with Gasteiger partial charge in [-0.25, -0.2) is 4.39 Å². The molecule has 0 radical (unpaired) electrons. The van der Waals surface area contributed by atoms with E-state index in [1.807, 2.05) is 6.92 Å². The summed E-state index contributed by atoms with van der Waals surface area (Å²) in [6.07, 6.45) is 2.25. The first-order valence-corrected chi connectivity index (χ1v) is 9.32. The van der Waals surface area contributed by atoms with Crippen LogP contribution in [-0.4, -0.2) is 35.8 Å². The minimum atomic E-state index is -1.03. The maximum atomic E-state index is 13.7. The number of aliphatic imine (C=N–C) groups is 1. The highest BCUT2D eigenvalue weighted by Crippen LogP contribution is 2.42. The number of rotatable bonds is 5. The number of carbonyl (C=O) groups is 2. The van der Waals surface area contributed by atoms with Crippen molar-refractivity contribution in [1.82, 2.24) is 0 Å². The topological polar surface area (TPSA) is 76.0 Å². The molecule has 26 heavy (non-hydrogen) atoms. The first kappa shape index (κ1) is 18.9. The molecule has 0 saturated heterocycles. The SMILES string of the molecule is CCCCC1=NC2=C(C(=O)COC2)C(c2ccc(F)c(Br)c2)C1C(=O)O. The number of nitrogens with zero attached hydrogens (tertiary/aromatic N) is 1. The summed E-state index contributed by atoms with van der Waals surface area (Å²) in [7, 11) is 0. The van der Waals surface area contributed by atoms with E-state index < -0.39 is 23.6 Å². The first-order valence-electron chi connectivity index (χ1n) is 8.53. The Morgan fingerprint density at radius 2 is 2.19 bits per heavy atom. The molecule has 1 N–H and O–H groups in total. The summed E-state index contributed by atoms with van der Waals surface area (Å²) in [5, 5.41) is 9.91. The average molecular weight is 424 g/mol. The van der Waals surface area contributed by atoms with Gasteiger partial charge in [0.15, 0.2) is 5.78 Å². The first-order chi connectivity index (χ1) is 12.4. The van der Waals surface area contributed by atoms with Crippen LogP contribution in [0.2, 0.25) is 0 Å². The van der Waals surface area contributed by atoms with Crippen LogP contribution in [0.25, 0.3) is 0 Å². The molecule has 2 atom stereocenters. The van der Waals surface area contributed by atoms with Gasteiger partial charge in [-0.2, -0.15) is 0 Å². The van der Waals surface area contributed by atoms with Crippen molar-refractivity contribution in [3.63, 3.8) is 0 Å². The maximum absolute atomic E-state index is 13.7. The van der Waals surface area contributed by atoms with Gasteiger partial charge in [0.2, 0.25) is 0 Å². The third-order valence-corrected chi connectivity index (χ3v) is 5.33. The minimum Gasteiger partial charge on any atom is -0.481 e. The van der Waals surface area contributed by atoms with Crippen LogP contribution in [0.4, 0.5) is 4.39 Å². The molecule has 1 aromatic rings. The van der Waals surface area contributed by atoms with Gasteiger partial charge in [-0.1, -0.05) is 19.4 Å². The van der Waals surface area contributed by atoms with Gasteiger partial charge in [0.25, 0.3) is 0 Å². The fraction of sp³-hybridized carbons (Fsp3) is 0.421. The largest absolute Gasteiger partial charge is 0.481 e. The lowest BCUT2D eigenvalue weighted by Gasteiger charge is -2.34. The molecule has 0 spiro atoms. The predicted molar refractivity (Wildman–Crippen MR) is 97.8 cm³/mol. The molecule has 138 valence electrons. The van der Waals surface area contributed by atoms with Crippen molar-refractivity contribution >= 4 is 33.4 Å². The Labute approximate surface area is 159 Å². The number of carboxylic acids is 1. The van der Waals surface area contributed by atoms with Crippen molar-refractivity contribution in [3.8, 4) is 0 Å². The maximum Gasteiger partial charge on any atom is 0.313 e. The molecule has 0 amide bonds. The van der Waals surface area contributed by atoms with Crippen LogP contribution in [0.15, 0.2) is 38.9 Å². The van der Waals surface area contributed by atoms with Crippen LogP contribution < -0.4 is 0 Å². The normalized spacial score (nSPS) is 22.9. The fourth-order valence-corrected chi connectivity index (χ4v) is 3.92. The van der Waals surface area contributed by atoms with Crippen molar-refractivity contribution < 1.29 is 23.8 Å². The highest BCUT2D eigenvalue weighted by Gasteiger charge is 2.43. The number of halogens is 2. The van der Waals surface area contributed by atoms with E-state index in [9.17, 15) is 19.1 Å². The summed E-state index contributed by atoms with van der Waals surface area (Å²) in [4.78, 5) is 29.1. The van der Waals surface area contributed by atoms with Crippen LogP contribution in [-0.2, 0) is 14.3 Å². The van der Waals surface area contributed by atoms with Gasteiger partial charge < -0.3 is 9.84 Å². The lowest BCUT2D eigenvalue weighted by atomic mass is 9.73. The molecule has 2 aliphatic rings. The number of ketones is 1. The monoisotopic (exact) mass is 423 g/mol. The third-order valence-electron chi connectivity index (χ3n) is 4.72. The Bertz CT molecular complexity index is 818. The Hall–Kier alpha value is -1.86. The van der Waals surface area contributed by atoms with E-state index in [2.05, 4.69) is 20.9 Å². The molecule has 0 bridgehead atoms. The Balaban J connectivity index is 2.17. The molecular weight excluding hydrogens is 405 g/mol. The van der Waals surface area contributed by atoms with E-state index in [1.54, 1.807) is 6.07 Å². The minimum absolute atomic E-state index is 0.0934. The Kier molecular flexibility index (Phi) is 5.67. The van der Waals surface area contributed by atoms with Crippen molar-refractivity contribution in [1.29, 1.82) is 0 Å². The molecule has 2 unspecified atom stereocenters. The summed E-state index contributed by atoms with van der Waals surface area (Å²) in [6, 6.07) is 4.36. The van der Waals surface area contributed by atoms with Crippen LogP contribution >= 0.6 is 15.9 Å². The van der Waals surface area contributed by atoms with Gasteiger partial charge in [-0.3, -0.25) is 14.6 Å². The second-order valence-corrected chi connectivity index (χ2v) is 7.30. The van der Waals surface area contributed by atoms with Gasteiger partial charge in [-0.05, 0) is 46.5 Å². The molecule has 0 aromatic heterocycles. The number of aliphatic carboxylic acids is 1. The quantitative estimate of drug-likeness (QED) is 0.779. The third kappa shape index (κ3) is 3.50. The average Bonchev–Trinajstić information content (AvgIpc) is 2.61. The van der Waals surface area contributed by atoms with Crippen LogP contribution in [0.3, 0.4) is 0 Å². The second-order valence-electron chi connectivity index (χ2n) is 6.45. The number of carboxylic acid groups (broad SMARTS) is 1. The van der Waals surface area contributed by atoms with Crippen LogP contribution in [0, 0.1) is 11.7 Å². The van der Waals surface area contributed by atoms with E-state index in [1.165, 1.54) is 12.1 Å². The number of carbonyl (C=O) groups excluding carboxylic acids is 1. The molecule has 1 aromatic carbocycles. The fourth-order valence-electron chi connectivity index (χ4n) is 3.52. The van der Waals surface area contributed by atoms with E-state index in [-0.39, 0.29) is 23.5 Å². The summed E-state index contributed by atoms with van der Waals surface area (Å²) in [6.45, 7) is 2.11. The highest BCUT2D eigenvalue weighted by molar-refractivity contribution is 9.10. The number of Topliss-reactive ketones (excluding diaryl/α,β-unsaturated/α-hetero) is 1. The number of benzene rings is 1. The second kappa shape index (κ2) is 7.80. The molecule has 5 nitrogen and oxygen atoms in total. The zero-order valence-corrected chi connectivity index (χ0v) is 15.9. The standard InChI is InChI=1S/C19H19BrFNO4/c1-2-3-4-13-18(19(24)25)16(10-5-6-12(21)11(20)7-10)17-14(22-13)8-26-9-15(17)23/h5-7,16,18H,2-4,8-9H2,1H3,(H,24,25). The van der Waals surface area contributed by atoms with Crippen molar-refractivity contribution in [3.05, 3.63) is 45.3 Å².